The number of rotatable bonds is 17. The lowest BCUT2D eigenvalue weighted by Crippen LogP contribution is -2.30. The fourth-order valence-electron chi connectivity index (χ4n) is 7.25. The van der Waals surface area contributed by atoms with Crippen molar-refractivity contribution >= 4 is 87.9 Å². The molecule has 4 aromatic heterocycles. The first-order chi connectivity index (χ1) is 29.7. The summed E-state index contributed by atoms with van der Waals surface area (Å²) in [4.78, 5) is 55.2. The second-order valence-corrected chi connectivity index (χ2v) is 20.0. The third kappa shape index (κ3) is 9.69. The smallest absolute Gasteiger partial charge is 0.472 e. The summed E-state index contributed by atoms with van der Waals surface area (Å²) in [6.07, 6.45) is -2.26. The Morgan fingerprint density at radius 2 is 1.73 bits per heavy atom. The maximum Gasteiger partial charge on any atom is 0.472 e. The fourth-order valence-corrected chi connectivity index (χ4v) is 11.1. The molecule has 2 aromatic carbocycles. The van der Waals surface area contributed by atoms with E-state index < -0.39 is 70.4 Å². The maximum atomic E-state index is 13.6. The minimum Gasteiger partial charge on any atom is -0.497 e. The lowest BCUT2D eigenvalue weighted by molar-refractivity contribution is -0.0549. The number of phosphoric ester groups is 1. The molecule has 62 heavy (non-hydrogen) atoms. The van der Waals surface area contributed by atoms with Gasteiger partial charge >= 0.3 is 20.3 Å². The Hall–Kier alpha value is -4.48. The van der Waals surface area contributed by atoms with Crippen LogP contribution in [0.1, 0.15) is 31.7 Å². The summed E-state index contributed by atoms with van der Waals surface area (Å²) < 4.78 is 63.6. The van der Waals surface area contributed by atoms with Crippen molar-refractivity contribution in [2.45, 2.75) is 56.1 Å². The van der Waals surface area contributed by atoms with Gasteiger partial charge in [0.1, 0.15) is 60.3 Å². The van der Waals surface area contributed by atoms with Crippen molar-refractivity contribution in [3.8, 4) is 5.75 Å². The Kier molecular flexibility index (Phi) is 13.0. The van der Waals surface area contributed by atoms with Crippen LogP contribution >= 0.6 is 37.6 Å². The summed E-state index contributed by atoms with van der Waals surface area (Å²) in [5.41, 5.74) is 13.7. The van der Waals surface area contributed by atoms with Gasteiger partial charge in [-0.3, -0.25) is 22.7 Å². The van der Waals surface area contributed by atoms with Crippen molar-refractivity contribution in [2.75, 3.05) is 49.4 Å². The highest BCUT2D eigenvalue weighted by molar-refractivity contribution is 8.54. The number of fused-ring (bicyclic) bond motifs is 3. The van der Waals surface area contributed by atoms with E-state index in [9.17, 15) is 28.8 Å². The largest absolute Gasteiger partial charge is 0.497 e. The number of aromatic nitrogens is 7. The van der Waals surface area contributed by atoms with Gasteiger partial charge in [-0.1, -0.05) is 11.6 Å². The average molecular weight is 935 g/mol. The van der Waals surface area contributed by atoms with Crippen molar-refractivity contribution in [3.63, 3.8) is 0 Å². The predicted octanol–water partition coefficient (Wildman–Crippen LogP) is 4.40. The van der Waals surface area contributed by atoms with Gasteiger partial charge < -0.3 is 45.9 Å². The highest BCUT2D eigenvalue weighted by atomic mass is 35.5. The van der Waals surface area contributed by atoms with Gasteiger partial charge in [-0.25, -0.2) is 33.9 Å². The number of nitrogens with two attached hydrogens (primary N) is 2. The number of methoxy groups -OCH3 is 1. The van der Waals surface area contributed by atoms with Gasteiger partial charge in [0.15, 0.2) is 11.5 Å². The van der Waals surface area contributed by atoms with Gasteiger partial charge in [-0.2, -0.15) is 4.98 Å². The molecule has 0 bridgehead atoms. The molecule has 330 valence electrons. The standard InChI is InChI=1S/C36H41ClN10O12P2S/c1-54-20-4-6-23-22(12-20)32(21-5-3-19(37)11-24(21)44-23)40-8-2-10-62-61(52,53)59-26-14-31(47-18-43-33-34(39)41-17-42-35(33)47)57-28(26)16-55-60(50,51)58-25-13-30(56-27(25)15-48)46-9-7-29(38)45-36(46)49/h3-7,9,11-12,17-18,25-28,30-31,48H,2,8,10,13-16H2,1H3,(H,40,44)(H,50,51)(H,52,53)(H2,38,45,49)(H2,39,41,42)/t25-,26-,27+,28+,30+,31+/m0/s1. The monoisotopic (exact) mass is 934 g/mol. The van der Waals surface area contributed by atoms with Crippen LogP contribution in [0, 0.1) is 0 Å². The number of phosphoric acid groups is 1. The van der Waals surface area contributed by atoms with Crippen LogP contribution in [0.25, 0.3) is 33.0 Å². The van der Waals surface area contributed by atoms with E-state index in [0.29, 0.717) is 51.8 Å². The molecule has 0 amide bonds. The molecular weight excluding hydrogens is 894 g/mol. The highest BCUT2D eigenvalue weighted by Gasteiger charge is 2.45. The van der Waals surface area contributed by atoms with Crippen LogP contribution in [0.15, 0.2) is 66.1 Å². The number of imidazole rings is 1. The predicted molar refractivity (Wildman–Crippen MR) is 229 cm³/mol. The number of hydrogen-bond donors (Lipinski definition) is 6. The number of nitrogens with zero attached hydrogens (tertiary/aromatic N) is 7. The number of benzene rings is 2. The summed E-state index contributed by atoms with van der Waals surface area (Å²) in [5.74, 6) is 0.961. The molecule has 8 atom stereocenters. The Morgan fingerprint density at radius 3 is 2.50 bits per heavy atom. The second kappa shape index (κ2) is 18.3. The van der Waals surface area contributed by atoms with E-state index in [-0.39, 0.29) is 30.2 Å². The minimum atomic E-state index is -4.94. The molecule has 0 aliphatic carbocycles. The van der Waals surface area contributed by atoms with Gasteiger partial charge in [-0.05, 0) is 60.3 Å². The summed E-state index contributed by atoms with van der Waals surface area (Å²) >= 11 is 6.98. The maximum absolute atomic E-state index is 13.6. The van der Waals surface area contributed by atoms with Crippen LogP contribution in [-0.4, -0.2) is 106 Å². The number of aliphatic hydroxyl groups is 1. The molecule has 8 N–H and O–H groups in total. The van der Waals surface area contributed by atoms with Crippen molar-refractivity contribution in [1.29, 1.82) is 0 Å². The third-order valence-corrected chi connectivity index (χ3v) is 14.5. The first-order valence-electron chi connectivity index (χ1n) is 19.0. The van der Waals surface area contributed by atoms with Crippen molar-refractivity contribution in [2.24, 2.45) is 0 Å². The number of nitrogen functional groups attached to an aromatic ring is 2. The Morgan fingerprint density at radius 1 is 0.952 bits per heavy atom. The molecule has 2 aliphatic rings. The summed E-state index contributed by atoms with van der Waals surface area (Å²) in [6, 6.07) is 12.4. The van der Waals surface area contributed by atoms with Gasteiger partial charge in [0.05, 0.1) is 43.4 Å². The van der Waals surface area contributed by atoms with E-state index in [1.54, 1.807) is 19.2 Å². The number of aliphatic hydroxyl groups excluding tert-OH is 1. The molecule has 0 radical (unpaired) electrons. The SMILES string of the molecule is COc1ccc2nc3cc(Cl)ccc3c(NCCCSP(=O)(O)O[C@H]3C[C@H](n4cnc5c(N)ncnc54)O[C@@H]3COP(=O)(O)O[C@H]3C[C@H](n4ccc(N)nc4=O)O[C@@H]3CO)c2c1. The van der Waals surface area contributed by atoms with Gasteiger partial charge in [0.25, 0.3) is 0 Å². The van der Waals surface area contributed by atoms with Crippen LogP contribution in [0.2, 0.25) is 5.02 Å². The number of halogens is 1. The highest BCUT2D eigenvalue weighted by Crippen LogP contribution is 2.59. The van der Waals surface area contributed by atoms with Crippen molar-refractivity contribution in [1.82, 2.24) is 34.1 Å². The summed E-state index contributed by atoms with van der Waals surface area (Å²) in [5, 5.41) is 15.6. The topological polar surface area (TPSA) is 306 Å². The molecule has 2 aliphatic heterocycles. The molecule has 22 nitrogen and oxygen atoms in total. The van der Waals surface area contributed by atoms with Crippen LogP contribution in [-0.2, 0) is 32.2 Å². The Labute approximate surface area is 360 Å². The molecule has 2 unspecified atom stereocenters. The van der Waals surface area contributed by atoms with E-state index in [1.807, 2.05) is 24.3 Å². The zero-order chi connectivity index (χ0) is 43.8. The molecule has 26 heteroatoms. The molecular formula is C36H41ClN10O12P2S. The molecule has 2 saturated heterocycles. The number of ether oxygens (including phenoxy) is 3. The number of nitrogens with one attached hydrogen (secondary N) is 1. The normalized spacial score (nSPS) is 23.5. The van der Waals surface area contributed by atoms with E-state index in [0.717, 1.165) is 26.5 Å². The molecule has 0 spiro atoms. The minimum absolute atomic E-state index is 0.0110. The zero-order valence-electron chi connectivity index (χ0n) is 32.7. The molecule has 6 aromatic rings. The first-order valence-corrected chi connectivity index (χ1v) is 24.1. The van der Waals surface area contributed by atoms with Crippen LogP contribution in [0.3, 0.4) is 0 Å². The van der Waals surface area contributed by atoms with Crippen LogP contribution < -0.4 is 27.2 Å². The summed E-state index contributed by atoms with van der Waals surface area (Å²) in [7, 11) is -3.36. The first kappa shape index (κ1) is 44.1. The van der Waals surface area contributed by atoms with Crippen molar-refractivity contribution in [3.05, 3.63) is 76.8 Å². The van der Waals surface area contributed by atoms with Gasteiger partial charge in [0.2, 0.25) is 0 Å². The van der Waals surface area contributed by atoms with Crippen LogP contribution in [0.4, 0.5) is 17.3 Å². The molecule has 8 rings (SSSR count). The van der Waals surface area contributed by atoms with Crippen LogP contribution in [0.5, 0.6) is 5.75 Å². The Bertz CT molecular complexity index is 2770. The molecule has 6 heterocycles. The lowest BCUT2D eigenvalue weighted by atomic mass is 10.1. The zero-order valence-corrected chi connectivity index (χ0v) is 36.0. The fraction of sp³-hybridized carbons (Fsp3) is 0.389. The third-order valence-electron chi connectivity index (χ3n) is 10.2. The van der Waals surface area contributed by atoms with E-state index >= 15 is 0 Å². The number of hydrogen-bond acceptors (Lipinski definition) is 19. The average Bonchev–Trinajstić information content (AvgIpc) is 3.96. The Balaban J connectivity index is 0.931. The van der Waals surface area contributed by atoms with Gasteiger partial charge in [0, 0.05) is 47.1 Å². The van der Waals surface area contributed by atoms with E-state index in [1.165, 1.54) is 29.5 Å². The lowest BCUT2D eigenvalue weighted by Gasteiger charge is -2.24. The molecule has 2 fully saturated rings. The van der Waals surface area contributed by atoms with E-state index in [2.05, 4.69) is 25.3 Å². The van der Waals surface area contributed by atoms with E-state index in [4.69, 9.17) is 55.8 Å². The quantitative estimate of drug-likeness (QED) is 0.0419. The summed E-state index contributed by atoms with van der Waals surface area (Å²) in [6.45, 7) is -5.24. The van der Waals surface area contributed by atoms with Gasteiger partial charge in [-0.15, -0.1) is 0 Å². The van der Waals surface area contributed by atoms with Crippen molar-refractivity contribution < 1.29 is 51.8 Å². The number of pyridine rings is 1. The number of anilines is 3. The molecule has 0 saturated carbocycles. The second-order valence-electron chi connectivity index (χ2n) is 14.2.